The molecule has 1 atom stereocenters. The van der Waals surface area contributed by atoms with Crippen LogP contribution < -0.4 is 5.32 Å². The molecule has 0 saturated carbocycles. The first-order chi connectivity index (χ1) is 8.87. The molecule has 8 heteroatoms. The third-order valence-electron chi connectivity index (χ3n) is 2.55. The smallest absolute Gasteiger partial charge is 0.226 e. The van der Waals surface area contributed by atoms with Crippen LogP contribution in [0.1, 0.15) is 6.92 Å². The van der Waals surface area contributed by atoms with Crippen molar-refractivity contribution < 1.29 is 5.11 Å². The number of aliphatic hydroxyl groups is 1. The number of likely N-dealkylation sites (N-methyl/N-ethyl adjacent to an activating group) is 1. The highest BCUT2D eigenvalue weighted by Gasteiger charge is 2.22. The van der Waals surface area contributed by atoms with E-state index in [2.05, 4.69) is 25.3 Å². The van der Waals surface area contributed by atoms with Crippen molar-refractivity contribution in [2.75, 3.05) is 32.5 Å². The molecule has 0 aliphatic heterocycles. The highest BCUT2D eigenvalue weighted by atomic mass is 35.5. The van der Waals surface area contributed by atoms with Crippen molar-refractivity contribution in [1.29, 1.82) is 0 Å². The molecule has 1 unspecified atom stereocenters. The van der Waals surface area contributed by atoms with Gasteiger partial charge in [0, 0.05) is 13.1 Å². The van der Waals surface area contributed by atoms with Crippen molar-refractivity contribution in [2.45, 2.75) is 12.5 Å². The van der Waals surface area contributed by atoms with Gasteiger partial charge >= 0.3 is 0 Å². The number of hydrogen-bond acceptors (Lipinski definition) is 6. The molecule has 2 aromatic rings. The lowest BCUT2D eigenvalue weighted by atomic mass is 10.1. The number of fused-ring (bicyclic) bond motifs is 1. The van der Waals surface area contributed by atoms with Gasteiger partial charge in [-0.05, 0) is 32.6 Å². The highest BCUT2D eigenvalue weighted by Crippen LogP contribution is 2.19. The van der Waals surface area contributed by atoms with Crippen molar-refractivity contribution in [2.24, 2.45) is 0 Å². The molecule has 0 bridgehead atoms. The van der Waals surface area contributed by atoms with E-state index in [1.165, 1.54) is 6.33 Å². The Balaban J connectivity index is 2.15. The molecule has 3 N–H and O–H groups in total. The number of rotatable bonds is 5. The quantitative estimate of drug-likeness (QED) is 0.702. The summed E-state index contributed by atoms with van der Waals surface area (Å²) < 4.78 is 0. The standard InChI is InChI=1S/C11H17ClN6O/c1-11(19,5-18(2)3)4-13-8-7-9(15-6-14-7)17-10(12)16-8/h6,19H,4-5H2,1-3H3,(H2,13,14,15,16,17). The van der Waals surface area contributed by atoms with Crippen LogP contribution in [-0.2, 0) is 0 Å². The molecule has 2 rings (SSSR count). The normalized spacial score (nSPS) is 14.8. The third kappa shape index (κ3) is 3.52. The molecule has 7 nitrogen and oxygen atoms in total. The zero-order chi connectivity index (χ0) is 14.0. The number of hydrogen-bond donors (Lipinski definition) is 3. The number of nitrogens with zero attached hydrogens (tertiary/aromatic N) is 4. The van der Waals surface area contributed by atoms with E-state index in [4.69, 9.17) is 11.6 Å². The summed E-state index contributed by atoms with van der Waals surface area (Å²) in [5, 5.41) is 13.4. The molecule has 0 amide bonds. The largest absolute Gasteiger partial charge is 0.387 e. The average molecular weight is 285 g/mol. The Morgan fingerprint density at radius 2 is 2.21 bits per heavy atom. The fraction of sp³-hybridized carbons (Fsp3) is 0.545. The summed E-state index contributed by atoms with van der Waals surface area (Å²) in [6.45, 7) is 2.63. The maximum absolute atomic E-state index is 10.2. The van der Waals surface area contributed by atoms with Crippen LogP contribution in [0.5, 0.6) is 0 Å². The summed E-state index contributed by atoms with van der Waals surface area (Å²) >= 11 is 5.83. The predicted molar refractivity (Wildman–Crippen MR) is 74.4 cm³/mol. The van der Waals surface area contributed by atoms with Gasteiger partial charge in [-0.3, -0.25) is 0 Å². The minimum atomic E-state index is -0.882. The second-order valence-electron chi connectivity index (χ2n) is 5.03. The number of halogens is 1. The molecule has 19 heavy (non-hydrogen) atoms. The van der Waals surface area contributed by atoms with Crippen molar-refractivity contribution in [1.82, 2.24) is 24.8 Å². The topological polar surface area (TPSA) is 90.0 Å². The molecular weight excluding hydrogens is 268 g/mol. The van der Waals surface area contributed by atoms with Gasteiger partial charge in [0.05, 0.1) is 11.9 Å². The summed E-state index contributed by atoms with van der Waals surface area (Å²) in [7, 11) is 3.81. The lowest BCUT2D eigenvalue weighted by Gasteiger charge is -2.27. The van der Waals surface area contributed by atoms with E-state index in [9.17, 15) is 5.11 Å². The first-order valence-corrected chi connectivity index (χ1v) is 6.23. The fourth-order valence-electron chi connectivity index (χ4n) is 1.95. The Labute approximate surface area is 116 Å². The predicted octanol–water partition coefficient (Wildman–Crippen LogP) is 0.731. The Kier molecular flexibility index (Phi) is 3.88. The van der Waals surface area contributed by atoms with Gasteiger partial charge in [0.15, 0.2) is 11.5 Å². The summed E-state index contributed by atoms with van der Waals surface area (Å²) in [5.41, 5.74) is 0.285. The average Bonchev–Trinajstić information content (AvgIpc) is 2.71. The van der Waals surface area contributed by atoms with Crippen molar-refractivity contribution in [3.05, 3.63) is 11.6 Å². The first kappa shape index (κ1) is 14.0. The SMILES string of the molecule is CN(C)CC(C)(O)CNc1nc(Cl)nc2nc[nH]c12. The van der Waals surface area contributed by atoms with Crippen LogP contribution in [0, 0.1) is 0 Å². The van der Waals surface area contributed by atoms with Gasteiger partial charge < -0.3 is 20.3 Å². The number of aromatic amines is 1. The van der Waals surface area contributed by atoms with Crippen LogP contribution in [0.25, 0.3) is 11.2 Å². The summed E-state index contributed by atoms with van der Waals surface area (Å²) in [6, 6.07) is 0. The molecule has 0 spiro atoms. The molecule has 0 radical (unpaired) electrons. The third-order valence-corrected chi connectivity index (χ3v) is 2.72. The monoisotopic (exact) mass is 284 g/mol. The summed E-state index contributed by atoms with van der Waals surface area (Å²) in [6.07, 6.45) is 1.53. The van der Waals surface area contributed by atoms with E-state index < -0.39 is 5.60 Å². The molecule has 0 saturated heterocycles. The first-order valence-electron chi connectivity index (χ1n) is 5.85. The zero-order valence-electron chi connectivity index (χ0n) is 11.1. The molecule has 0 aromatic carbocycles. The second kappa shape index (κ2) is 5.28. The minimum Gasteiger partial charge on any atom is -0.387 e. The molecular formula is C11H17ClN6O. The number of anilines is 1. The lowest BCUT2D eigenvalue weighted by molar-refractivity contribution is 0.0459. The van der Waals surface area contributed by atoms with Gasteiger partial charge in [-0.15, -0.1) is 0 Å². The van der Waals surface area contributed by atoms with Crippen LogP contribution in [0.2, 0.25) is 5.28 Å². The van der Waals surface area contributed by atoms with Gasteiger partial charge in [0.1, 0.15) is 5.52 Å². The molecule has 104 valence electrons. The Hall–Kier alpha value is -1.44. The van der Waals surface area contributed by atoms with Crippen LogP contribution >= 0.6 is 11.6 Å². The van der Waals surface area contributed by atoms with E-state index >= 15 is 0 Å². The van der Waals surface area contributed by atoms with Crippen molar-refractivity contribution >= 4 is 28.6 Å². The van der Waals surface area contributed by atoms with Gasteiger partial charge in [0.25, 0.3) is 0 Å². The van der Waals surface area contributed by atoms with E-state index in [-0.39, 0.29) is 5.28 Å². The van der Waals surface area contributed by atoms with Crippen LogP contribution in [0.15, 0.2) is 6.33 Å². The molecule has 0 aliphatic carbocycles. The van der Waals surface area contributed by atoms with Gasteiger partial charge in [-0.25, -0.2) is 4.98 Å². The summed E-state index contributed by atoms with van der Waals surface area (Å²) in [4.78, 5) is 17.0. The van der Waals surface area contributed by atoms with Crippen molar-refractivity contribution in [3.63, 3.8) is 0 Å². The Bertz CT molecular complexity index is 567. The van der Waals surface area contributed by atoms with E-state index in [0.29, 0.717) is 30.1 Å². The van der Waals surface area contributed by atoms with E-state index in [0.717, 1.165) is 0 Å². The van der Waals surface area contributed by atoms with E-state index in [1.807, 2.05) is 19.0 Å². The molecule has 0 aliphatic rings. The number of H-pyrrole nitrogens is 1. The zero-order valence-corrected chi connectivity index (χ0v) is 11.9. The number of nitrogens with one attached hydrogen (secondary N) is 2. The maximum atomic E-state index is 10.2. The molecule has 0 fully saturated rings. The van der Waals surface area contributed by atoms with Crippen LogP contribution in [0.3, 0.4) is 0 Å². The lowest BCUT2D eigenvalue weighted by Crippen LogP contribution is -2.43. The molecule has 2 aromatic heterocycles. The van der Waals surface area contributed by atoms with Gasteiger partial charge in [0.2, 0.25) is 5.28 Å². The molecule has 2 heterocycles. The van der Waals surface area contributed by atoms with Crippen LogP contribution in [0.4, 0.5) is 5.82 Å². The second-order valence-corrected chi connectivity index (χ2v) is 5.37. The van der Waals surface area contributed by atoms with Gasteiger partial charge in [-0.1, -0.05) is 0 Å². The Morgan fingerprint density at radius 1 is 1.47 bits per heavy atom. The van der Waals surface area contributed by atoms with Crippen molar-refractivity contribution in [3.8, 4) is 0 Å². The number of aromatic nitrogens is 4. The van der Waals surface area contributed by atoms with Crippen LogP contribution in [-0.4, -0.2) is 62.7 Å². The number of imidazole rings is 1. The van der Waals surface area contributed by atoms with E-state index in [1.54, 1.807) is 6.92 Å². The highest BCUT2D eigenvalue weighted by molar-refractivity contribution is 6.28. The Morgan fingerprint density at radius 3 is 2.89 bits per heavy atom. The minimum absolute atomic E-state index is 0.120. The summed E-state index contributed by atoms with van der Waals surface area (Å²) in [5.74, 6) is 0.534. The van der Waals surface area contributed by atoms with Gasteiger partial charge in [-0.2, -0.15) is 9.97 Å². The fourth-order valence-corrected chi connectivity index (χ4v) is 2.11. The maximum Gasteiger partial charge on any atom is 0.226 e.